The number of amides is 1. The molecule has 0 unspecified atom stereocenters. The molecule has 17 heavy (non-hydrogen) atoms. The third-order valence-electron chi connectivity index (χ3n) is 3.95. The van der Waals surface area contributed by atoms with Gasteiger partial charge < -0.3 is 15.4 Å². The normalized spacial score (nSPS) is 22.7. The van der Waals surface area contributed by atoms with Gasteiger partial charge in [-0.05, 0) is 25.7 Å². The Bertz CT molecular complexity index is 271. The van der Waals surface area contributed by atoms with E-state index in [9.17, 15) is 4.79 Å². The molecule has 2 aliphatic carbocycles. The molecule has 0 heterocycles. The van der Waals surface area contributed by atoms with Crippen LogP contribution in [0.1, 0.15) is 44.9 Å². The molecule has 0 spiro atoms. The molecule has 2 rings (SSSR count). The average molecular weight is 240 g/mol. The monoisotopic (exact) mass is 240 g/mol. The summed E-state index contributed by atoms with van der Waals surface area (Å²) in [5, 5.41) is 0. The maximum absolute atomic E-state index is 12.3. The Morgan fingerprint density at radius 3 is 2.59 bits per heavy atom. The van der Waals surface area contributed by atoms with Gasteiger partial charge in [-0.1, -0.05) is 12.8 Å². The van der Waals surface area contributed by atoms with Crippen molar-refractivity contribution < 1.29 is 9.53 Å². The number of hydrogen-bond donors (Lipinski definition) is 1. The largest absolute Gasteiger partial charge is 0.383 e. The third-order valence-corrected chi connectivity index (χ3v) is 3.95. The summed E-state index contributed by atoms with van der Waals surface area (Å²) in [5.74, 6) is 0.231. The Labute approximate surface area is 103 Å². The molecule has 4 nitrogen and oxygen atoms in total. The predicted octanol–water partition coefficient (Wildman–Crippen LogP) is 1.29. The summed E-state index contributed by atoms with van der Waals surface area (Å²) in [6.45, 7) is 1.34. The summed E-state index contributed by atoms with van der Waals surface area (Å²) in [5.41, 5.74) is 6.04. The van der Waals surface area contributed by atoms with E-state index in [4.69, 9.17) is 10.5 Å². The molecule has 2 fully saturated rings. The molecule has 0 aromatic carbocycles. The molecule has 1 amide bonds. The van der Waals surface area contributed by atoms with Gasteiger partial charge in [-0.3, -0.25) is 4.79 Å². The van der Waals surface area contributed by atoms with Crippen molar-refractivity contribution in [1.82, 2.24) is 4.90 Å². The molecular weight excluding hydrogens is 216 g/mol. The molecule has 4 heteroatoms. The standard InChI is InChI=1S/C13H24N2O2/c1-17-9-8-15(11-4-5-11)12(16)10-13(14)6-2-3-7-13/h11H,2-10,14H2,1H3. The Morgan fingerprint density at radius 1 is 1.41 bits per heavy atom. The summed E-state index contributed by atoms with van der Waals surface area (Å²) < 4.78 is 5.07. The molecule has 0 atom stereocenters. The van der Waals surface area contributed by atoms with E-state index in [1.165, 1.54) is 12.8 Å². The van der Waals surface area contributed by atoms with Crippen LogP contribution in [0.15, 0.2) is 0 Å². The smallest absolute Gasteiger partial charge is 0.224 e. The average Bonchev–Trinajstić information content (AvgIpc) is 3.02. The van der Waals surface area contributed by atoms with E-state index in [0.29, 0.717) is 19.1 Å². The van der Waals surface area contributed by atoms with Gasteiger partial charge in [-0.2, -0.15) is 0 Å². The first-order chi connectivity index (χ1) is 8.14. The molecular formula is C13H24N2O2. The second-order valence-electron chi connectivity index (χ2n) is 5.56. The Morgan fingerprint density at radius 2 is 2.06 bits per heavy atom. The fourth-order valence-corrected chi connectivity index (χ4v) is 2.75. The molecule has 0 aliphatic heterocycles. The number of methoxy groups -OCH3 is 1. The van der Waals surface area contributed by atoms with Gasteiger partial charge in [0.05, 0.1) is 6.61 Å². The Hall–Kier alpha value is -0.610. The lowest BCUT2D eigenvalue weighted by Crippen LogP contribution is -2.45. The first-order valence-electron chi connectivity index (χ1n) is 6.72. The number of carbonyl (C=O) groups excluding carboxylic acids is 1. The minimum atomic E-state index is -0.225. The van der Waals surface area contributed by atoms with Gasteiger partial charge in [0.15, 0.2) is 0 Å². The predicted molar refractivity (Wildman–Crippen MR) is 66.6 cm³/mol. The van der Waals surface area contributed by atoms with E-state index in [1.54, 1.807) is 7.11 Å². The molecule has 0 radical (unpaired) electrons. The SMILES string of the molecule is COCCN(C(=O)CC1(N)CCCC1)C1CC1. The number of hydrogen-bond acceptors (Lipinski definition) is 3. The van der Waals surface area contributed by atoms with Crippen LogP contribution in [0.25, 0.3) is 0 Å². The highest BCUT2D eigenvalue weighted by Gasteiger charge is 2.37. The van der Waals surface area contributed by atoms with Gasteiger partial charge >= 0.3 is 0 Å². The van der Waals surface area contributed by atoms with E-state index in [0.717, 1.165) is 32.2 Å². The van der Waals surface area contributed by atoms with Gasteiger partial charge in [-0.25, -0.2) is 0 Å². The van der Waals surface area contributed by atoms with E-state index >= 15 is 0 Å². The highest BCUT2D eigenvalue weighted by molar-refractivity contribution is 5.78. The zero-order chi connectivity index (χ0) is 12.3. The van der Waals surface area contributed by atoms with Crippen LogP contribution in [-0.2, 0) is 9.53 Å². The number of carbonyl (C=O) groups is 1. The van der Waals surface area contributed by atoms with Crippen LogP contribution in [0.4, 0.5) is 0 Å². The molecule has 2 N–H and O–H groups in total. The molecule has 0 aromatic rings. The highest BCUT2D eigenvalue weighted by Crippen LogP contribution is 2.33. The number of rotatable bonds is 6. The van der Waals surface area contributed by atoms with E-state index < -0.39 is 0 Å². The second-order valence-corrected chi connectivity index (χ2v) is 5.56. The maximum atomic E-state index is 12.3. The van der Waals surface area contributed by atoms with Crippen molar-refractivity contribution in [3.8, 4) is 0 Å². The summed E-state index contributed by atoms with van der Waals surface area (Å²) in [6, 6.07) is 0.461. The lowest BCUT2D eigenvalue weighted by molar-refractivity contribution is -0.133. The number of ether oxygens (including phenoxy) is 1. The topological polar surface area (TPSA) is 55.6 Å². The molecule has 0 aromatic heterocycles. The summed E-state index contributed by atoms with van der Waals surface area (Å²) >= 11 is 0. The van der Waals surface area contributed by atoms with Gasteiger partial charge in [0, 0.05) is 31.7 Å². The first-order valence-corrected chi connectivity index (χ1v) is 6.72. The van der Waals surface area contributed by atoms with Crippen LogP contribution in [0, 0.1) is 0 Å². The maximum Gasteiger partial charge on any atom is 0.224 e. The van der Waals surface area contributed by atoms with Crippen molar-refractivity contribution in [2.75, 3.05) is 20.3 Å². The second kappa shape index (κ2) is 5.36. The third kappa shape index (κ3) is 3.42. The molecule has 2 aliphatic rings. The van der Waals surface area contributed by atoms with Gasteiger partial charge in [-0.15, -0.1) is 0 Å². The van der Waals surface area contributed by atoms with Crippen molar-refractivity contribution >= 4 is 5.91 Å². The van der Waals surface area contributed by atoms with Crippen LogP contribution < -0.4 is 5.73 Å². The van der Waals surface area contributed by atoms with Gasteiger partial charge in [0.2, 0.25) is 5.91 Å². The van der Waals surface area contributed by atoms with Crippen molar-refractivity contribution in [2.45, 2.75) is 56.5 Å². The molecule has 2 saturated carbocycles. The summed E-state index contributed by atoms with van der Waals surface area (Å²) in [4.78, 5) is 14.3. The van der Waals surface area contributed by atoms with Crippen LogP contribution in [0.3, 0.4) is 0 Å². The minimum absolute atomic E-state index is 0.225. The van der Waals surface area contributed by atoms with Crippen LogP contribution in [0.5, 0.6) is 0 Å². The van der Waals surface area contributed by atoms with Crippen molar-refractivity contribution in [3.05, 3.63) is 0 Å². The van der Waals surface area contributed by atoms with E-state index in [-0.39, 0.29) is 11.4 Å². The molecule has 0 saturated heterocycles. The van der Waals surface area contributed by atoms with Crippen molar-refractivity contribution in [1.29, 1.82) is 0 Å². The molecule has 98 valence electrons. The summed E-state index contributed by atoms with van der Waals surface area (Å²) in [7, 11) is 1.68. The van der Waals surface area contributed by atoms with Gasteiger partial charge in [0.25, 0.3) is 0 Å². The lowest BCUT2D eigenvalue weighted by atomic mass is 9.94. The van der Waals surface area contributed by atoms with Crippen LogP contribution >= 0.6 is 0 Å². The van der Waals surface area contributed by atoms with Crippen molar-refractivity contribution in [2.24, 2.45) is 5.73 Å². The van der Waals surface area contributed by atoms with Crippen LogP contribution in [0.2, 0.25) is 0 Å². The van der Waals surface area contributed by atoms with Gasteiger partial charge in [0.1, 0.15) is 0 Å². The Balaban J connectivity index is 1.87. The zero-order valence-corrected chi connectivity index (χ0v) is 10.8. The summed E-state index contributed by atoms with van der Waals surface area (Å²) in [6.07, 6.45) is 7.16. The van der Waals surface area contributed by atoms with Crippen LogP contribution in [-0.4, -0.2) is 42.6 Å². The number of nitrogens with zero attached hydrogens (tertiary/aromatic N) is 1. The zero-order valence-electron chi connectivity index (χ0n) is 10.8. The lowest BCUT2D eigenvalue weighted by Gasteiger charge is -2.28. The fraction of sp³-hybridized carbons (Fsp3) is 0.923. The quantitative estimate of drug-likeness (QED) is 0.761. The highest BCUT2D eigenvalue weighted by atomic mass is 16.5. The van der Waals surface area contributed by atoms with E-state index in [1.807, 2.05) is 4.90 Å². The first kappa shape index (κ1) is 12.8. The fourth-order valence-electron chi connectivity index (χ4n) is 2.75. The molecule has 0 bridgehead atoms. The minimum Gasteiger partial charge on any atom is -0.383 e. The Kier molecular flexibility index (Phi) is 4.05. The van der Waals surface area contributed by atoms with E-state index in [2.05, 4.69) is 0 Å². The number of nitrogens with two attached hydrogens (primary N) is 1. The van der Waals surface area contributed by atoms with Crippen molar-refractivity contribution in [3.63, 3.8) is 0 Å².